The fourth-order valence-corrected chi connectivity index (χ4v) is 5.41. The number of hydrogen-bond acceptors (Lipinski definition) is 5. The number of aryl methyl sites for hydroxylation is 1. The van der Waals surface area contributed by atoms with E-state index >= 15 is 0 Å². The maximum atomic E-state index is 12.3. The van der Waals surface area contributed by atoms with Crippen molar-refractivity contribution < 1.29 is 13.2 Å². The number of nitrogens with one attached hydrogen (secondary N) is 1. The Hall–Kier alpha value is -0.470. The Balaban J connectivity index is 1.85. The molecule has 0 radical (unpaired) electrons. The lowest BCUT2D eigenvalue weighted by atomic mass is 9.98. The second kappa shape index (κ2) is 7.69. The molecule has 5 nitrogen and oxygen atoms in total. The first kappa shape index (κ1) is 16.9. The number of rotatable bonds is 7. The van der Waals surface area contributed by atoms with Gasteiger partial charge >= 0.3 is 0 Å². The van der Waals surface area contributed by atoms with Gasteiger partial charge in [0.05, 0.1) is 12.7 Å². The third-order valence-electron chi connectivity index (χ3n) is 3.74. The Morgan fingerprint density at radius 3 is 2.76 bits per heavy atom. The molecule has 2 rings (SSSR count). The average molecular weight is 332 g/mol. The summed E-state index contributed by atoms with van der Waals surface area (Å²) in [5.74, 6) is 0. The zero-order chi connectivity index (χ0) is 15.3. The molecule has 0 aliphatic heterocycles. The molecule has 1 aliphatic carbocycles. The van der Waals surface area contributed by atoms with E-state index in [9.17, 15) is 8.42 Å². The van der Waals surface area contributed by atoms with E-state index in [1.165, 1.54) is 30.6 Å². The van der Waals surface area contributed by atoms with Gasteiger partial charge in [-0.25, -0.2) is 13.1 Å². The van der Waals surface area contributed by atoms with Gasteiger partial charge in [0, 0.05) is 18.0 Å². The van der Waals surface area contributed by atoms with Crippen molar-refractivity contribution >= 4 is 21.4 Å². The van der Waals surface area contributed by atoms with Crippen molar-refractivity contribution in [1.82, 2.24) is 4.72 Å². The molecule has 0 atom stereocenters. The van der Waals surface area contributed by atoms with Gasteiger partial charge in [0.1, 0.15) is 4.90 Å². The molecule has 1 aromatic heterocycles. The van der Waals surface area contributed by atoms with Gasteiger partial charge < -0.3 is 10.5 Å². The van der Waals surface area contributed by atoms with Crippen molar-refractivity contribution in [1.29, 1.82) is 0 Å². The van der Waals surface area contributed by atoms with Crippen LogP contribution in [-0.2, 0) is 21.3 Å². The Kier molecular flexibility index (Phi) is 6.19. The smallest absolute Gasteiger partial charge is 0.242 e. The van der Waals surface area contributed by atoms with Crippen LogP contribution in [0.5, 0.6) is 0 Å². The second-order valence-electron chi connectivity index (χ2n) is 5.40. The summed E-state index contributed by atoms with van der Waals surface area (Å²) >= 11 is 1.39. The summed E-state index contributed by atoms with van der Waals surface area (Å²) in [5, 5.41) is 1.83. The van der Waals surface area contributed by atoms with Gasteiger partial charge in [-0.15, -0.1) is 11.3 Å². The van der Waals surface area contributed by atoms with Crippen LogP contribution < -0.4 is 10.5 Å². The summed E-state index contributed by atoms with van der Waals surface area (Å²) < 4.78 is 33.0. The van der Waals surface area contributed by atoms with Crippen LogP contribution in [0.3, 0.4) is 0 Å². The molecule has 0 aromatic carbocycles. The molecule has 0 saturated heterocycles. The van der Waals surface area contributed by atoms with Gasteiger partial charge in [-0.2, -0.15) is 0 Å². The zero-order valence-corrected chi connectivity index (χ0v) is 14.1. The summed E-state index contributed by atoms with van der Waals surface area (Å²) in [4.78, 5) is 1.04. The molecular weight excluding hydrogens is 308 g/mol. The molecule has 120 valence electrons. The van der Waals surface area contributed by atoms with Crippen molar-refractivity contribution in [2.45, 2.75) is 56.6 Å². The number of thiophene rings is 1. The first-order valence-electron chi connectivity index (χ1n) is 7.43. The SMILES string of the molecule is Cc1csc(CN)c1S(=O)(=O)NCCOC1CCCCC1. The predicted molar refractivity (Wildman–Crippen MR) is 85.0 cm³/mol. The van der Waals surface area contributed by atoms with Crippen LogP contribution in [0.1, 0.15) is 42.5 Å². The summed E-state index contributed by atoms with van der Waals surface area (Å²) in [6.45, 7) is 2.76. The summed E-state index contributed by atoms with van der Waals surface area (Å²) in [5.41, 5.74) is 6.36. The van der Waals surface area contributed by atoms with Gasteiger partial charge in [-0.05, 0) is 30.7 Å². The van der Waals surface area contributed by atoms with E-state index in [0.29, 0.717) is 29.0 Å². The van der Waals surface area contributed by atoms with Crippen molar-refractivity contribution in [3.63, 3.8) is 0 Å². The first-order chi connectivity index (χ1) is 10.0. The van der Waals surface area contributed by atoms with Crippen LogP contribution >= 0.6 is 11.3 Å². The summed E-state index contributed by atoms with van der Waals surface area (Å²) in [6.07, 6.45) is 6.19. The average Bonchev–Trinajstić information content (AvgIpc) is 2.86. The van der Waals surface area contributed by atoms with Gasteiger partial charge in [0.15, 0.2) is 0 Å². The van der Waals surface area contributed by atoms with E-state index in [2.05, 4.69) is 4.72 Å². The number of hydrogen-bond donors (Lipinski definition) is 2. The van der Waals surface area contributed by atoms with Gasteiger partial charge in [-0.1, -0.05) is 19.3 Å². The maximum absolute atomic E-state index is 12.3. The van der Waals surface area contributed by atoms with Crippen molar-refractivity contribution in [3.05, 3.63) is 15.8 Å². The molecular formula is C14H24N2O3S2. The minimum atomic E-state index is -3.49. The van der Waals surface area contributed by atoms with E-state index in [-0.39, 0.29) is 6.54 Å². The van der Waals surface area contributed by atoms with Crippen LogP contribution in [-0.4, -0.2) is 27.7 Å². The highest BCUT2D eigenvalue weighted by molar-refractivity contribution is 7.89. The van der Waals surface area contributed by atoms with Crippen LogP contribution in [0.15, 0.2) is 10.3 Å². The fourth-order valence-electron chi connectivity index (χ4n) is 2.69. The van der Waals surface area contributed by atoms with Crippen molar-refractivity contribution in [3.8, 4) is 0 Å². The Morgan fingerprint density at radius 1 is 1.38 bits per heavy atom. The lowest BCUT2D eigenvalue weighted by Gasteiger charge is -2.22. The minimum absolute atomic E-state index is 0.243. The third-order valence-corrected chi connectivity index (χ3v) is 6.69. The Morgan fingerprint density at radius 2 is 2.10 bits per heavy atom. The van der Waals surface area contributed by atoms with Crippen molar-refractivity contribution in [2.75, 3.05) is 13.2 Å². The van der Waals surface area contributed by atoms with Crippen LogP contribution in [0.25, 0.3) is 0 Å². The maximum Gasteiger partial charge on any atom is 0.242 e. The highest BCUT2D eigenvalue weighted by Crippen LogP contribution is 2.26. The van der Waals surface area contributed by atoms with E-state index in [4.69, 9.17) is 10.5 Å². The predicted octanol–water partition coefficient (Wildman–Crippen LogP) is 2.14. The highest BCUT2D eigenvalue weighted by atomic mass is 32.2. The minimum Gasteiger partial charge on any atom is -0.377 e. The standard InChI is InChI=1S/C14H24N2O3S2/c1-11-10-20-13(9-15)14(11)21(17,18)16-7-8-19-12-5-3-2-4-6-12/h10,12,16H,2-9,15H2,1H3. The highest BCUT2D eigenvalue weighted by Gasteiger charge is 2.22. The molecule has 1 saturated carbocycles. The largest absolute Gasteiger partial charge is 0.377 e. The van der Waals surface area contributed by atoms with E-state index in [0.717, 1.165) is 18.4 Å². The topological polar surface area (TPSA) is 81.4 Å². The quantitative estimate of drug-likeness (QED) is 0.750. The van der Waals surface area contributed by atoms with Crippen LogP contribution in [0, 0.1) is 6.92 Å². The zero-order valence-electron chi connectivity index (χ0n) is 12.4. The molecule has 1 heterocycles. The van der Waals surface area contributed by atoms with Gasteiger partial charge in [-0.3, -0.25) is 0 Å². The van der Waals surface area contributed by atoms with Crippen molar-refractivity contribution in [2.24, 2.45) is 5.73 Å². The molecule has 0 spiro atoms. The molecule has 1 fully saturated rings. The van der Waals surface area contributed by atoms with E-state index in [1.807, 2.05) is 5.38 Å². The van der Waals surface area contributed by atoms with Gasteiger partial charge in [0.2, 0.25) is 10.0 Å². The molecule has 7 heteroatoms. The molecule has 3 N–H and O–H groups in total. The second-order valence-corrected chi connectivity index (χ2v) is 8.07. The Labute approximate surface area is 130 Å². The lowest BCUT2D eigenvalue weighted by molar-refractivity contribution is 0.0321. The van der Waals surface area contributed by atoms with E-state index in [1.54, 1.807) is 6.92 Å². The van der Waals surface area contributed by atoms with Crippen LogP contribution in [0.4, 0.5) is 0 Å². The number of ether oxygens (including phenoxy) is 1. The number of nitrogens with two attached hydrogens (primary N) is 1. The molecule has 0 amide bonds. The van der Waals surface area contributed by atoms with Gasteiger partial charge in [0.25, 0.3) is 0 Å². The lowest BCUT2D eigenvalue weighted by Crippen LogP contribution is -2.30. The monoisotopic (exact) mass is 332 g/mol. The molecule has 0 unspecified atom stereocenters. The summed E-state index contributed by atoms with van der Waals surface area (Å²) in [6, 6.07) is 0. The fraction of sp³-hybridized carbons (Fsp3) is 0.714. The molecule has 1 aromatic rings. The Bertz CT molecular complexity index is 549. The third kappa shape index (κ3) is 4.50. The van der Waals surface area contributed by atoms with E-state index < -0.39 is 10.0 Å². The van der Waals surface area contributed by atoms with Crippen LogP contribution in [0.2, 0.25) is 0 Å². The molecule has 1 aliphatic rings. The molecule has 0 bridgehead atoms. The normalized spacial score (nSPS) is 17.2. The number of sulfonamides is 1. The first-order valence-corrected chi connectivity index (χ1v) is 9.79. The summed E-state index contributed by atoms with van der Waals surface area (Å²) in [7, 11) is -3.49. The molecule has 21 heavy (non-hydrogen) atoms.